The number of nitrogens with one attached hydrogen (secondary N) is 1. The average Bonchev–Trinajstić information content (AvgIpc) is 3.24. The second kappa shape index (κ2) is 8.39. The highest BCUT2D eigenvalue weighted by atomic mass is 32.1. The molecular formula is C18H22N4O3S. The maximum atomic E-state index is 12.3. The van der Waals surface area contributed by atoms with Crippen molar-refractivity contribution in [1.82, 2.24) is 20.1 Å². The molecule has 0 amide bonds. The van der Waals surface area contributed by atoms with Crippen LogP contribution in [0.4, 0.5) is 0 Å². The fourth-order valence-electron chi connectivity index (χ4n) is 2.62. The van der Waals surface area contributed by atoms with E-state index < -0.39 is 0 Å². The number of nitrogens with zero attached hydrogens (tertiary/aromatic N) is 3. The smallest absolute Gasteiger partial charge is 0.341 e. The first kappa shape index (κ1) is 18.5. The maximum Gasteiger partial charge on any atom is 0.341 e. The zero-order chi connectivity index (χ0) is 18.5. The third kappa shape index (κ3) is 3.92. The van der Waals surface area contributed by atoms with Crippen molar-refractivity contribution in [3.63, 3.8) is 0 Å². The number of carbonyl (C=O) groups is 1. The highest BCUT2D eigenvalue weighted by molar-refractivity contribution is 7.20. The van der Waals surface area contributed by atoms with Gasteiger partial charge in [0, 0.05) is 19.7 Å². The van der Waals surface area contributed by atoms with Gasteiger partial charge < -0.3 is 14.8 Å². The van der Waals surface area contributed by atoms with Crippen LogP contribution in [0.25, 0.3) is 15.3 Å². The summed E-state index contributed by atoms with van der Waals surface area (Å²) < 4.78 is 13.1. The van der Waals surface area contributed by atoms with E-state index in [4.69, 9.17) is 9.47 Å². The number of aromatic nitrogens is 3. The summed E-state index contributed by atoms with van der Waals surface area (Å²) >= 11 is 1.53. The molecule has 3 aromatic rings. The van der Waals surface area contributed by atoms with E-state index in [1.807, 2.05) is 31.2 Å². The van der Waals surface area contributed by atoms with Crippen LogP contribution in [0.3, 0.4) is 0 Å². The molecule has 0 aliphatic carbocycles. The quantitative estimate of drug-likeness (QED) is 0.611. The molecule has 0 radical (unpaired) electrons. The van der Waals surface area contributed by atoms with Gasteiger partial charge in [-0.1, -0.05) is 23.5 Å². The zero-order valence-electron chi connectivity index (χ0n) is 15.1. The number of carbonyl (C=O) groups excluding carboxylic acids is 1. The summed E-state index contributed by atoms with van der Waals surface area (Å²) in [6, 6.07) is 8.04. The van der Waals surface area contributed by atoms with E-state index >= 15 is 0 Å². The molecule has 2 aromatic heterocycles. The molecule has 1 aromatic carbocycles. The van der Waals surface area contributed by atoms with Gasteiger partial charge in [-0.3, -0.25) is 0 Å². The van der Waals surface area contributed by atoms with Crippen molar-refractivity contribution in [2.24, 2.45) is 0 Å². The molecule has 0 bridgehead atoms. The number of ether oxygens (including phenoxy) is 2. The molecule has 8 heteroatoms. The second-order valence-corrected chi connectivity index (χ2v) is 6.85. The Hall–Kier alpha value is -2.29. The fraction of sp³-hybridized carbons (Fsp3) is 0.389. The van der Waals surface area contributed by atoms with Crippen LogP contribution in [0.5, 0.6) is 0 Å². The molecule has 0 fully saturated rings. The fourth-order valence-corrected chi connectivity index (χ4v) is 3.57. The van der Waals surface area contributed by atoms with Crippen molar-refractivity contribution < 1.29 is 14.3 Å². The second-order valence-electron chi connectivity index (χ2n) is 5.84. The largest absolute Gasteiger partial charge is 0.462 e. The van der Waals surface area contributed by atoms with Gasteiger partial charge in [0.15, 0.2) is 0 Å². The number of thiazole rings is 1. The Bertz CT molecular complexity index is 857. The molecule has 0 saturated heterocycles. The number of methoxy groups -OCH3 is 1. The van der Waals surface area contributed by atoms with Crippen molar-refractivity contribution in [3.8, 4) is 5.13 Å². The first-order chi connectivity index (χ1) is 12.6. The summed E-state index contributed by atoms with van der Waals surface area (Å²) in [6.07, 6.45) is 1.54. The van der Waals surface area contributed by atoms with Gasteiger partial charge in [0.1, 0.15) is 5.56 Å². The van der Waals surface area contributed by atoms with Crippen LogP contribution in [0.15, 0.2) is 30.5 Å². The standard InChI is InChI=1S/C18H22N4O3S/c1-4-25-17(23)13-9-20-22(15(13)10-19-12(2)11-24-3)18-21-14-7-5-6-8-16(14)26-18/h5-9,12,19H,4,10-11H2,1-3H3/t12-/m1/s1. The van der Waals surface area contributed by atoms with Crippen LogP contribution < -0.4 is 5.32 Å². The van der Waals surface area contributed by atoms with Crippen LogP contribution in [0.1, 0.15) is 29.9 Å². The monoisotopic (exact) mass is 374 g/mol. The number of rotatable bonds is 8. The summed E-state index contributed by atoms with van der Waals surface area (Å²) in [6.45, 7) is 5.15. The van der Waals surface area contributed by atoms with Crippen molar-refractivity contribution in [1.29, 1.82) is 0 Å². The number of para-hydroxylation sites is 1. The predicted molar refractivity (Wildman–Crippen MR) is 101 cm³/mol. The Balaban J connectivity index is 1.96. The molecule has 0 aliphatic heterocycles. The van der Waals surface area contributed by atoms with Gasteiger partial charge in [-0.15, -0.1) is 0 Å². The van der Waals surface area contributed by atoms with Crippen LogP contribution in [-0.4, -0.2) is 47.1 Å². The van der Waals surface area contributed by atoms with E-state index in [0.29, 0.717) is 25.3 Å². The van der Waals surface area contributed by atoms with E-state index in [-0.39, 0.29) is 12.0 Å². The first-order valence-electron chi connectivity index (χ1n) is 8.46. The summed E-state index contributed by atoms with van der Waals surface area (Å²) in [7, 11) is 1.66. The summed E-state index contributed by atoms with van der Waals surface area (Å²) in [4.78, 5) is 16.9. The van der Waals surface area contributed by atoms with Crippen LogP contribution in [-0.2, 0) is 16.0 Å². The van der Waals surface area contributed by atoms with Crippen molar-refractivity contribution >= 4 is 27.5 Å². The lowest BCUT2D eigenvalue weighted by Crippen LogP contribution is -2.31. The van der Waals surface area contributed by atoms with Gasteiger partial charge >= 0.3 is 5.97 Å². The lowest BCUT2D eigenvalue weighted by atomic mass is 10.2. The van der Waals surface area contributed by atoms with Crippen molar-refractivity contribution in [3.05, 3.63) is 41.7 Å². The van der Waals surface area contributed by atoms with Gasteiger partial charge in [-0.2, -0.15) is 5.10 Å². The Kier molecular flexibility index (Phi) is 5.97. The van der Waals surface area contributed by atoms with Gasteiger partial charge in [0.25, 0.3) is 0 Å². The molecule has 3 rings (SSSR count). The zero-order valence-corrected chi connectivity index (χ0v) is 15.9. The number of hydrogen-bond donors (Lipinski definition) is 1. The Morgan fingerprint density at radius 1 is 1.38 bits per heavy atom. The van der Waals surface area contributed by atoms with Gasteiger partial charge in [0.05, 0.1) is 35.3 Å². The minimum atomic E-state index is -0.379. The topological polar surface area (TPSA) is 78.3 Å². The number of hydrogen-bond acceptors (Lipinski definition) is 7. The maximum absolute atomic E-state index is 12.3. The lowest BCUT2D eigenvalue weighted by molar-refractivity contribution is 0.0524. The molecule has 7 nitrogen and oxygen atoms in total. The van der Waals surface area contributed by atoms with Crippen LogP contribution in [0, 0.1) is 0 Å². The third-order valence-electron chi connectivity index (χ3n) is 3.86. The van der Waals surface area contributed by atoms with E-state index in [0.717, 1.165) is 21.0 Å². The SMILES string of the molecule is CCOC(=O)c1cnn(-c2nc3ccccc3s2)c1CN[C@H](C)COC. The predicted octanol–water partition coefficient (Wildman–Crippen LogP) is 2.78. The van der Waals surface area contributed by atoms with Crippen LogP contribution in [0.2, 0.25) is 0 Å². The third-order valence-corrected chi connectivity index (χ3v) is 4.87. The van der Waals surface area contributed by atoms with E-state index in [1.54, 1.807) is 24.9 Å². The minimum Gasteiger partial charge on any atom is -0.462 e. The molecule has 138 valence electrons. The molecule has 0 spiro atoms. The molecular weight excluding hydrogens is 352 g/mol. The number of fused-ring (bicyclic) bond motifs is 1. The Labute approximate surface area is 155 Å². The average molecular weight is 374 g/mol. The minimum absolute atomic E-state index is 0.133. The molecule has 2 heterocycles. The Morgan fingerprint density at radius 2 is 2.19 bits per heavy atom. The summed E-state index contributed by atoms with van der Waals surface area (Å²) in [5.74, 6) is -0.379. The molecule has 26 heavy (non-hydrogen) atoms. The Morgan fingerprint density at radius 3 is 2.92 bits per heavy atom. The lowest BCUT2D eigenvalue weighted by Gasteiger charge is -2.14. The highest BCUT2D eigenvalue weighted by Gasteiger charge is 2.21. The van der Waals surface area contributed by atoms with Gasteiger partial charge in [-0.25, -0.2) is 14.5 Å². The van der Waals surface area contributed by atoms with Crippen LogP contribution >= 0.6 is 11.3 Å². The number of benzene rings is 1. The molecule has 0 saturated carbocycles. The molecule has 1 N–H and O–H groups in total. The van der Waals surface area contributed by atoms with Gasteiger partial charge in [0.2, 0.25) is 5.13 Å². The summed E-state index contributed by atoms with van der Waals surface area (Å²) in [5, 5.41) is 8.47. The van der Waals surface area contributed by atoms with Crippen molar-refractivity contribution in [2.45, 2.75) is 26.4 Å². The number of esters is 1. The van der Waals surface area contributed by atoms with E-state index in [1.165, 1.54) is 11.3 Å². The normalized spacial score (nSPS) is 12.4. The highest BCUT2D eigenvalue weighted by Crippen LogP contribution is 2.26. The van der Waals surface area contributed by atoms with Gasteiger partial charge in [-0.05, 0) is 26.0 Å². The molecule has 0 unspecified atom stereocenters. The van der Waals surface area contributed by atoms with E-state index in [9.17, 15) is 4.79 Å². The van der Waals surface area contributed by atoms with Crippen molar-refractivity contribution in [2.75, 3.05) is 20.3 Å². The first-order valence-corrected chi connectivity index (χ1v) is 9.28. The van der Waals surface area contributed by atoms with E-state index in [2.05, 4.69) is 15.4 Å². The molecule has 0 aliphatic rings. The molecule has 1 atom stereocenters. The summed E-state index contributed by atoms with van der Waals surface area (Å²) in [5.41, 5.74) is 2.08.